The fraction of sp³-hybridized carbons (Fsp3) is 0.304. The zero-order valence-corrected chi connectivity index (χ0v) is 18.9. The average molecular weight is 459 g/mol. The van der Waals surface area contributed by atoms with E-state index in [-0.39, 0.29) is 21.9 Å². The van der Waals surface area contributed by atoms with Gasteiger partial charge in [-0.2, -0.15) is 0 Å². The summed E-state index contributed by atoms with van der Waals surface area (Å²) in [7, 11) is -2.68. The lowest BCUT2D eigenvalue weighted by atomic mass is 9.95. The van der Waals surface area contributed by atoms with Gasteiger partial charge in [0.2, 0.25) is 0 Å². The quantitative estimate of drug-likeness (QED) is 0.549. The lowest BCUT2D eigenvalue weighted by molar-refractivity contribution is -0.136. The van der Waals surface area contributed by atoms with Crippen LogP contribution in [0.4, 0.5) is 4.79 Å². The van der Waals surface area contributed by atoms with Crippen LogP contribution < -0.4 is 10.6 Å². The lowest BCUT2D eigenvalue weighted by Gasteiger charge is -2.29. The Morgan fingerprint density at radius 2 is 1.72 bits per heavy atom. The SMILES string of the molecule is COC(=O)C1=C(CS(=O)(=O)c2ccc(CC(C)C)cc2)NC(=O)N[C@@H]1c1ccc(O)cc1. The molecule has 0 aliphatic carbocycles. The number of hydrogen-bond acceptors (Lipinski definition) is 6. The van der Waals surface area contributed by atoms with E-state index in [2.05, 4.69) is 24.5 Å². The Bertz CT molecular complexity index is 1140. The van der Waals surface area contributed by atoms with Crippen molar-refractivity contribution >= 4 is 21.8 Å². The van der Waals surface area contributed by atoms with Crippen molar-refractivity contribution < 1.29 is 27.9 Å². The third-order valence-corrected chi connectivity index (χ3v) is 6.71. The van der Waals surface area contributed by atoms with E-state index in [4.69, 9.17) is 4.74 Å². The largest absolute Gasteiger partial charge is 0.508 e. The summed E-state index contributed by atoms with van der Waals surface area (Å²) in [5, 5.41) is 14.6. The normalized spacial score (nSPS) is 16.5. The van der Waals surface area contributed by atoms with Crippen LogP contribution in [0.5, 0.6) is 5.75 Å². The number of nitrogens with one attached hydrogen (secondary N) is 2. The molecule has 0 unspecified atom stereocenters. The number of phenolic OH excluding ortho intramolecular Hbond substituents is 1. The van der Waals surface area contributed by atoms with Gasteiger partial charge in [0.15, 0.2) is 9.84 Å². The molecule has 0 spiro atoms. The van der Waals surface area contributed by atoms with Crippen molar-refractivity contribution in [1.82, 2.24) is 10.6 Å². The van der Waals surface area contributed by atoms with Crippen molar-refractivity contribution in [3.8, 4) is 5.75 Å². The molecule has 9 heteroatoms. The van der Waals surface area contributed by atoms with Gasteiger partial charge in [0, 0.05) is 5.70 Å². The van der Waals surface area contributed by atoms with Gasteiger partial charge < -0.3 is 20.5 Å². The highest BCUT2D eigenvalue weighted by Crippen LogP contribution is 2.30. The molecule has 2 amide bonds. The van der Waals surface area contributed by atoms with Crippen molar-refractivity contribution in [2.24, 2.45) is 5.92 Å². The van der Waals surface area contributed by atoms with Crippen LogP contribution in [0.1, 0.15) is 31.0 Å². The van der Waals surface area contributed by atoms with Crippen LogP contribution in [0.15, 0.2) is 64.7 Å². The van der Waals surface area contributed by atoms with Crippen molar-refractivity contribution in [3.05, 3.63) is 70.9 Å². The first-order valence-electron chi connectivity index (χ1n) is 10.1. The number of rotatable bonds is 7. The highest BCUT2D eigenvalue weighted by Gasteiger charge is 2.35. The molecule has 170 valence electrons. The molecule has 8 nitrogen and oxygen atoms in total. The molecule has 0 fully saturated rings. The standard InChI is InChI=1S/C23H26N2O6S/c1-14(2)12-15-4-10-18(11-5-15)32(29,30)13-19-20(22(27)31-3)21(25-23(28)24-19)16-6-8-17(26)9-7-16/h4-11,14,21,26H,12-13H2,1-3H3,(H2,24,25,28)/t21-/m1/s1. The van der Waals surface area contributed by atoms with E-state index in [0.717, 1.165) is 12.0 Å². The van der Waals surface area contributed by atoms with Gasteiger partial charge in [-0.1, -0.05) is 38.1 Å². The second-order valence-corrected chi connectivity index (χ2v) is 10.00. The minimum Gasteiger partial charge on any atom is -0.508 e. The number of phenols is 1. The monoisotopic (exact) mass is 458 g/mol. The van der Waals surface area contributed by atoms with Crippen LogP contribution in [-0.2, 0) is 25.8 Å². The number of urea groups is 1. The number of sulfone groups is 1. The van der Waals surface area contributed by atoms with Gasteiger partial charge >= 0.3 is 12.0 Å². The fourth-order valence-corrected chi connectivity index (χ4v) is 4.90. The lowest BCUT2D eigenvalue weighted by Crippen LogP contribution is -2.47. The molecule has 0 bridgehead atoms. The van der Waals surface area contributed by atoms with Crippen molar-refractivity contribution in [1.29, 1.82) is 0 Å². The third kappa shape index (κ3) is 5.28. The molecule has 2 aromatic carbocycles. The number of amides is 2. The second kappa shape index (κ2) is 9.44. The highest BCUT2D eigenvalue weighted by molar-refractivity contribution is 7.91. The smallest absolute Gasteiger partial charge is 0.338 e. The summed E-state index contributed by atoms with van der Waals surface area (Å²) in [5.74, 6) is -0.899. The van der Waals surface area contributed by atoms with Gasteiger partial charge in [0.1, 0.15) is 5.75 Å². The maximum atomic E-state index is 13.1. The molecule has 0 aromatic heterocycles. The van der Waals surface area contributed by atoms with Gasteiger partial charge in [-0.15, -0.1) is 0 Å². The number of aromatic hydroxyl groups is 1. The first kappa shape index (κ1) is 23.3. The van der Waals surface area contributed by atoms with E-state index >= 15 is 0 Å². The summed E-state index contributed by atoms with van der Waals surface area (Å²) in [6.45, 7) is 4.16. The number of esters is 1. The number of carbonyl (C=O) groups is 2. The molecule has 0 saturated carbocycles. The molecular formula is C23H26N2O6S. The zero-order chi connectivity index (χ0) is 23.5. The van der Waals surface area contributed by atoms with E-state index in [1.807, 2.05) is 0 Å². The number of hydrogen-bond donors (Lipinski definition) is 3. The Balaban J connectivity index is 2.00. The Hall–Kier alpha value is -3.33. The summed E-state index contributed by atoms with van der Waals surface area (Å²) < 4.78 is 31.1. The summed E-state index contributed by atoms with van der Waals surface area (Å²) >= 11 is 0. The van der Waals surface area contributed by atoms with Gasteiger partial charge in [-0.3, -0.25) is 0 Å². The first-order chi connectivity index (χ1) is 15.1. The maximum absolute atomic E-state index is 13.1. The van der Waals surface area contributed by atoms with Crippen molar-refractivity contribution in [2.45, 2.75) is 31.2 Å². The van der Waals surface area contributed by atoms with Crippen LogP contribution >= 0.6 is 0 Å². The predicted octanol–water partition coefficient (Wildman–Crippen LogP) is 2.85. The summed E-state index contributed by atoms with van der Waals surface area (Å²) in [4.78, 5) is 25.0. The molecule has 0 saturated heterocycles. The molecule has 1 aliphatic heterocycles. The summed E-state index contributed by atoms with van der Waals surface area (Å²) in [6, 6.07) is 10.9. The van der Waals surface area contributed by atoms with Crippen LogP contribution in [0.3, 0.4) is 0 Å². The number of benzene rings is 2. The molecule has 0 radical (unpaired) electrons. The Morgan fingerprint density at radius 3 is 2.28 bits per heavy atom. The van der Waals surface area contributed by atoms with E-state index < -0.39 is 33.6 Å². The molecule has 1 heterocycles. The molecule has 3 rings (SSSR count). The van der Waals surface area contributed by atoms with Crippen molar-refractivity contribution in [3.63, 3.8) is 0 Å². The Morgan fingerprint density at radius 1 is 1.09 bits per heavy atom. The van der Waals surface area contributed by atoms with Gasteiger partial charge in [-0.05, 0) is 47.7 Å². The maximum Gasteiger partial charge on any atom is 0.338 e. The molecule has 1 atom stereocenters. The van der Waals surface area contributed by atoms with Gasteiger partial charge in [-0.25, -0.2) is 18.0 Å². The minimum atomic E-state index is -3.86. The molecule has 3 N–H and O–H groups in total. The number of ether oxygens (including phenoxy) is 1. The topological polar surface area (TPSA) is 122 Å². The van der Waals surface area contributed by atoms with Crippen LogP contribution in [0.25, 0.3) is 0 Å². The van der Waals surface area contributed by atoms with E-state index in [1.165, 1.54) is 43.5 Å². The molecular weight excluding hydrogens is 432 g/mol. The van der Waals surface area contributed by atoms with E-state index in [9.17, 15) is 23.1 Å². The predicted molar refractivity (Wildman–Crippen MR) is 119 cm³/mol. The highest BCUT2D eigenvalue weighted by atomic mass is 32.2. The Labute approximate surface area is 187 Å². The van der Waals surface area contributed by atoms with Crippen LogP contribution in [-0.4, -0.2) is 38.4 Å². The van der Waals surface area contributed by atoms with Crippen LogP contribution in [0.2, 0.25) is 0 Å². The third-order valence-electron chi connectivity index (χ3n) is 5.05. The summed E-state index contributed by atoms with van der Waals surface area (Å²) in [6.07, 6.45) is 0.827. The molecule has 2 aromatic rings. The van der Waals surface area contributed by atoms with Crippen molar-refractivity contribution in [2.75, 3.05) is 12.9 Å². The zero-order valence-electron chi connectivity index (χ0n) is 18.1. The number of carbonyl (C=O) groups excluding carboxylic acids is 2. The Kier molecular flexibility index (Phi) is 6.88. The second-order valence-electron chi connectivity index (χ2n) is 8.01. The van der Waals surface area contributed by atoms with E-state index in [1.54, 1.807) is 12.1 Å². The first-order valence-corrected chi connectivity index (χ1v) is 11.8. The fourth-order valence-electron chi connectivity index (χ4n) is 3.58. The minimum absolute atomic E-state index is 0.0151. The van der Waals surface area contributed by atoms with Gasteiger partial charge in [0.05, 0.1) is 29.4 Å². The van der Waals surface area contributed by atoms with E-state index in [0.29, 0.717) is 11.5 Å². The molecule has 32 heavy (non-hydrogen) atoms. The van der Waals surface area contributed by atoms with Crippen LogP contribution in [0, 0.1) is 5.92 Å². The number of methoxy groups -OCH3 is 1. The summed E-state index contributed by atoms with van der Waals surface area (Å²) in [5.41, 5.74) is 1.45. The average Bonchev–Trinajstić information content (AvgIpc) is 2.73. The molecule has 1 aliphatic rings. The van der Waals surface area contributed by atoms with Gasteiger partial charge in [0.25, 0.3) is 0 Å².